The number of rotatable bonds is 2. The summed E-state index contributed by atoms with van der Waals surface area (Å²) in [4.78, 5) is 15.5. The van der Waals surface area contributed by atoms with E-state index in [-0.39, 0.29) is 11.9 Å². The van der Waals surface area contributed by atoms with E-state index in [4.69, 9.17) is 4.74 Å². The lowest BCUT2D eigenvalue weighted by atomic mass is 10.1. The van der Waals surface area contributed by atoms with Crippen molar-refractivity contribution in [2.75, 3.05) is 13.2 Å². The highest BCUT2D eigenvalue weighted by Crippen LogP contribution is 2.08. The maximum Gasteiger partial charge on any atom is 0.270 e. The second-order valence-electron chi connectivity index (χ2n) is 3.23. The maximum absolute atomic E-state index is 11.6. The Morgan fingerprint density at radius 3 is 3.00 bits per heavy atom. The topological polar surface area (TPSA) is 51.2 Å². The van der Waals surface area contributed by atoms with Crippen LogP contribution in [0.5, 0.6) is 0 Å². The Labute approximate surface area is 86.3 Å². The third-order valence-electron chi connectivity index (χ3n) is 2.22. The Morgan fingerprint density at radius 1 is 1.57 bits per heavy atom. The summed E-state index contributed by atoms with van der Waals surface area (Å²) in [6.07, 6.45) is 1.80. The van der Waals surface area contributed by atoms with Crippen LogP contribution in [0.15, 0.2) is 10.9 Å². The second-order valence-corrected chi connectivity index (χ2v) is 3.95. The first-order valence-electron chi connectivity index (χ1n) is 4.63. The number of carbonyl (C=O) groups is 1. The third kappa shape index (κ3) is 2.30. The molecule has 1 aromatic rings. The van der Waals surface area contributed by atoms with E-state index in [9.17, 15) is 4.79 Å². The molecule has 0 saturated carbocycles. The molecule has 1 amide bonds. The third-order valence-corrected chi connectivity index (χ3v) is 2.81. The van der Waals surface area contributed by atoms with E-state index in [1.807, 2.05) is 0 Å². The molecule has 0 aromatic carbocycles. The monoisotopic (exact) mass is 212 g/mol. The fourth-order valence-electron chi connectivity index (χ4n) is 1.43. The van der Waals surface area contributed by atoms with E-state index in [2.05, 4.69) is 10.3 Å². The minimum absolute atomic E-state index is 0.0712. The number of aromatic nitrogens is 1. The van der Waals surface area contributed by atoms with Crippen LogP contribution < -0.4 is 5.32 Å². The van der Waals surface area contributed by atoms with Crippen LogP contribution >= 0.6 is 11.3 Å². The number of ether oxygens (including phenoxy) is 1. The number of hydrogen-bond acceptors (Lipinski definition) is 4. The number of amides is 1. The zero-order valence-electron chi connectivity index (χ0n) is 7.73. The Kier molecular flexibility index (Phi) is 3.10. The molecule has 1 aliphatic heterocycles. The highest BCUT2D eigenvalue weighted by Gasteiger charge is 2.17. The van der Waals surface area contributed by atoms with Gasteiger partial charge in [-0.25, -0.2) is 4.98 Å². The molecule has 76 valence electrons. The smallest absolute Gasteiger partial charge is 0.270 e. The quantitative estimate of drug-likeness (QED) is 0.797. The van der Waals surface area contributed by atoms with E-state index >= 15 is 0 Å². The Bertz CT molecular complexity index is 294. The van der Waals surface area contributed by atoms with Crippen molar-refractivity contribution in [2.24, 2.45) is 0 Å². The lowest BCUT2D eigenvalue weighted by molar-refractivity contribution is 0.0694. The summed E-state index contributed by atoms with van der Waals surface area (Å²) < 4.78 is 5.21. The Hall–Kier alpha value is -0.940. The van der Waals surface area contributed by atoms with Crippen molar-refractivity contribution in [1.29, 1.82) is 0 Å². The molecular formula is C9H12N2O2S. The highest BCUT2D eigenvalue weighted by molar-refractivity contribution is 7.07. The van der Waals surface area contributed by atoms with Gasteiger partial charge in [0, 0.05) is 24.6 Å². The summed E-state index contributed by atoms with van der Waals surface area (Å²) >= 11 is 1.43. The number of thiazole rings is 1. The lowest BCUT2D eigenvalue weighted by Crippen LogP contribution is -2.38. The van der Waals surface area contributed by atoms with Crippen LogP contribution in [0, 0.1) is 0 Å². The molecule has 0 bridgehead atoms. The van der Waals surface area contributed by atoms with Gasteiger partial charge in [0.15, 0.2) is 0 Å². The molecule has 0 aliphatic carbocycles. The van der Waals surface area contributed by atoms with Gasteiger partial charge >= 0.3 is 0 Å². The Balaban J connectivity index is 1.87. The summed E-state index contributed by atoms with van der Waals surface area (Å²) in [6, 6.07) is 0.248. The number of nitrogens with zero attached hydrogens (tertiary/aromatic N) is 1. The number of nitrogens with one attached hydrogen (secondary N) is 1. The van der Waals surface area contributed by atoms with Crippen molar-refractivity contribution >= 4 is 17.2 Å². The van der Waals surface area contributed by atoms with Crippen molar-refractivity contribution in [2.45, 2.75) is 18.9 Å². The van der Waals surface area contributed by atoms with Crippen LogP contribution in [0.3, 0.4) is 0 Å². The molecular weight excluding hydrogens is 200 g/mol. The van der Waals surface area contributed by atoms with E-state index in [1.165, 1.54) is 11.3 Å². The van der Waals surface area contributed by atoms with Gasteiger partial charge < -0.3 is 10.1 Å². The molecule has 4 nitrogen and oxygen atoms in total. The van der Waals surface area contributed by atoms with Crippen molar-refractivity contribution in [3.8, 4) is 0 Å². The van der Waals surface area contributed by atoms with Gasteiger partial charge in [0.2, 0.25) is 0 Å². The maximum atomic E-state index is 11.6. The fraction of sp³-hybridized carbons (Fsp3) is 0.556. The van der Waals surface area contributed by atoms with Gasteiger partial charge in [0.1, 0.15) is 5.69 Å². The predicted octanol–water partition coefficient (Wildman–Crippen LogP) is 1.05. The number of carbonyl (C=O) groups excluding carboxylic acids is 1. The average molecular weight is 212 g/mol. The van der Waals surface area contributed by atoms with Gasteiger partial charge in [-0.15, -0.1) is 11.3 Å². The SMILES string of the molecule is O=C(NC1CCOCC1)c1cscn1. The van der Waals surface area contributed by atoms with Crippen LogP contribution in [0.25, 0.3) is 0 Å². The zero-order valence-corrected chi connectivity index (χ0v) is 8.55. The van der Waals surface area contributed by atoms with Gasteiger partial charge in [-0.1, -0.05) is 0 Å². The summed E-state index contributed by atoms with van der Waals surface area (Å²) in [7, 11) is 0. The van der Waals surface area contributed by atoms with Crippen LogP contribution in [0.2, 0.25) is 0 Å². The minimum atomic E-state index is -0.0712. The summed E-state index contributed by atoms with van der Waals surface area (Å²) in [6.45, 7) is 1.48. The summed E-state index contributed by atoms with van der Waals surface area (Å²) in [5, 5.41) is 4.71. The molecule has 0 atom stereocenters. The molecule has 1 N–H and O–H groups in total. The molecule has 0 radical (unpaired) electrons. The zero-order chi connectivity index (χ0) is 9.80. The fourth-order valence-corrected chi connectivity index (χ4v) is 1.96. The van der Waals surface area contributed by atoms with Crippen molar-refractivity contribution in [1.82, 2.24) is 10.3 Å². The highest BCUT2D eigenvalue weighted by atomic mass is 32.1. The van der Waals surface area contributed by atoms with Crippen LogP contribution in [0.1, 0.15) is 23.3 Å². The van der Waals surface area contributed by atoms with Crippen molar-refractivity contribution < 1.29 is 9.53 Å². The molecule has 0 unspecified atom stereocenters. The Morgan fingerprint density at radius 2 is 2.36 bits per heavy atom. The van der Waals surface area contributed by atoms with E-state index in [1.54, 1.807) is 10.9 Å². The van der Waals surface area contributed by atoms with Gasteiger partial charge in [-0.3, -0.25) is 4.79 Å². The molecule has 1 fully saturated rings. The molecule has 2 rings (SSSR count). The summed E-state index contributed by atoms with van der Waals surface area (Å²) in [5.41, 5.74) is 2.18. The molecule has 1 aromatic heterocycles. The van der Waals surface area contributed by atoms with Gasteiger partial charge in [-0.2, -0.15) is 0 Å². The van der Waals surface area contributed by atoms with Crippen LogP contribution in [-0.4, -0.2) is 30.1 Å². The van der Waals surface area contributed by atoms with Crippen LogP contribution in [0.4, 0.5) is 0 Å². The standard InChI is InChI=1S/C9H12N2O2S/c12-9(8-5-14-6-10-8)11-7-1-3-13-4-2-7/h5-7H,1-4H2,(H,11,12). The first kappa shape index (κ1) is 9.61. The summed E-state index contributed by atoms with van der Waals surface area (Å²) in [5.74, 6) is -0.0712. The van der Waals surface area contributed by atoms with Gasteiger partial charge in [0.25, 0.3) is 5.91 Å². The van der Waals surface area contributed by atoms with E-state index in [0.29, 0.717) is 5.69 Å². The molecule has 2 heterocycles. The predicted molar refractivity (Wildman–Crippen MR) is 53.4 cm³/mol. The number of hydrogen-bond donors (Lipinski definition) is 1. The van der Waals surface area contributed by atoms with E-state index in [0.717, 1.165) is 26.1 Å². The van der Waals surface area contributed by atoms with Crippen molar-refractivity contribution in [3.63, 3.8) is 0 Å². The van der Waals surface area contributed by atoms with Gasteiger partial charge in [0.05, 0.1) is 5.51 Å². The molecule has 5 heteroatoms. The molecule has 1 aliphatic rings. The first-order valence-corrected chi connectivity index (χ1v) is 5.57. The molecule has 0 spiro atoms. The molecule has 14 heavy (non-hydrogen) atoms. The van der Waals surface area contributed by atoms with Crippen LogP contribution in [-0.2, 0) is 4.74 Å². The van der Waals surface area contributed by atoms with Crippen molar-refractivity contribution in [3.05, 3.63) is 16.6 Å². The lowest BCUT2D eigenvalue weighted by Gasteiger charge is -2.22. The average Bonchev–Trinajstić information content (AvgIpc) is 2.72. The minimum Gasteiger partial charge on any atom is -0.381 e. The first-order chi connectivity index (χ1) is 6.86. The van der Waals surface area contributed by atoms with E-state index < -0.39 is 0 Å². The second kappa shape index (κ2) is 4.52. The van der Waals surface area contributed by atoms with Gasteiger partial charge in [-0.05, 0) is 12.8 Å². The normalized spacial score (nSPS) is 18.0. The largest absolute Gasteiger partial charge is 0.381 e. The molecule has 1 saturated heterocycles.